The van der Waals surface area contributed by atoms with Gasteiger partial charge < -0.3 is 4.74 Å². The van der Waals surface area contributed by atoms with E-state index in [0.717, 1.165) is 12.1 Å². The number of ether oxygens (including phenoxy) is 1. The first kappa shape index (κ1) is 14.0. The van der Waals surface area contributed by atoms with E-state index in [1.165, 1.54) is 0 Å². The lowest BCUT2D eigenvalue weighted by atomic mass is 9.92. The van der Waals surface area contributed by atoms with Gasteiger partial charge >= 0.3 is 6.09 Å². The molecule has 0 saturated heterocycles. The van der Waals surface area contributed by atoms with Gasteiger partial charge in [0, 0.05) is 11.8 Å². The molecule has 1 fully saturated rings. The number of carbonyl (C=O) groups excluding carboxylic acids is 2. The van der Waals surface area contributed by atoms with Crippen LogP contribution in [-0.4, -0.2) is 22.3 Å². The number of carbonyl (C=O) groups is 2. The largest absolute Gasteiger partial charge is 0.442 e. The summed E-state index contributed by atoms with van der Waals surface area (Å²) < 4.78 is 28.8. The third kappa shape index (κ3) is 2.96. The van der Waals surface area contributed by atoms with Gasteiger partial charge in [-0.15, -0.1) is 0 Å². The molecule has 102 valence electrons. The molecule has 1 amide bonds. The van der Waals surface area contributed by atoms with Crippen LogP contribution < -0.4 is 5.32 Å². The Morgan fingerprint density at radius 1 is 1.32 bits per heavy atom. The van der Waals surface area contributed by atoms with E-state index in [1.807, 2.05) is 0 Å². The molecular formula is C11H7Cl2F2NO3. The van der Waals surface area contributed by atoms with Crippen LogP contribution in [0, 0.1) is 11.6 Å². The van der Waals surface area contributed by atoms with Crippen LogP contribution in [0.4, 0.5) is 19.3 Å². The molecule has 19 heavy (non-hydrogen) atoms. The van der Waals surface area contributed by atoms with E-state index in [-0.39, 0.29) is 12.1 Å². The summed E-state index contributed by atoms with van der Waals surface area (Å²) in [5, 5.41) is 2.11. The van der Waals surface area contributed by atoms with Crippen LogP contribution in [-0.2, 0) is 9.53 Å². The molecule has 0 spiro atoms. The number of benzene rings is 1. The van der Waals surface area contributed by atoms with Crippen molar-refractivity contribution in [2.24, 2.45) is 0 Å². The van der Waals surface area contributed by atoms with E-state index < -0.39 is 33.9 Å². The van der Waals surface area contributed by atoms with Crippen molar-refractivity contribution in [3.63, 3.8) is 0 Å². The highest BCUT2D eigenvalue weighted by molar-refractivity contribution is 6.61. The number of Topliss-reactive ketones (excluding diaryl/α,β-unsaturated/α-hetero) is 1. The highest BCUT2D eigenvalue weighted by Gasteiger charge is 2.55. The molecule has 0 aliphatic heterocycles. The molecule has 0 bridgehead atoms. The van der Waals surface area contributed by atoms with Gasteiger partial charge in [0.05, 0.1) is 6.42 Å². The predicted octanol–water partition coefficient (Wildman–Crippen LogP) is 3.03. The topological polar surface area (TPSA) is 55.4 Å². The third-order valence-corrected chi connectivity index (χ3v) is 3.41. The van der Waals surface area contributed by atoms with Crippen molar-refractivity contribution in [3.05, 3.63) is 29.8 Å². The van der Waals surface area contributed by atoms with Gasteiger partial charge in [-0.05, 0) is 12.1 Å². The van der Waals surface area contributed by atoms with E-state index in [2.05, 4.69) is 5.32 Å². The van der Waals surface area contributed by atoms with Gasteiger partial charge in [-0.2, -0.15) is 0 Å². The van der Waals surface area contributed by atoms with Crippen LogP contribution in [0.5, 0.6) is 0 Å². The normalized spacial score (nSPS) is 20.6. The second-order valence-electron chi connectivity index (χ2n) is 3.93. The van der Waals surface area contributed by atoms with Crippen LogP contribution in [0.15, 0.2) is 18.2 Å². The minimum Gasteiger partial charge on any atom is -0.442 e. The quantitative estimate of drug-likeness (QED) is 0.854. The van der Waals surface area contributed by atoms with Gasteiger partial charge in [-0.25, -0.2) is 13.6 Å². The van der Waals surface area contributed by atoms with Crippen molar-refractivity contribution in [1.82, 2.24) is 0 Å². The Morgan fingerprint density at radius 2 is 1.89 bits per heavy atom. The molecule has 1 atom stereocenters. The average Bonchev–Trinajstić information content (AvgIpc) is 2.27. The first-order chi connectivity index (χ1) is 8.79. The van der Waals surface area contributed by atoms with Crippen molar-refractivity contribution >= 4 is 40.8 Å². The first-order valence-corrected chi connectivity index (χ1v) is 5.89. The molecule has 8 heteroatoms. The number of halogens is 4. The lowest BCUT2D eigenvalue weighted by Gasteiger charge is -2.36. The number of amides is 1. The summed E-state index contributed by atoms with van der Waals surface area (Å²) in [4.78, 5) is 22.4. The summed E-state index contributed by atoms with van der Waals surface area (Å²) in [6.45, 7) is 0. The minimum atomic E-state index is -1.76. The molecule has 0 radical (unpaired) electrons. The summed E-state index contributed by atoms with van der Waals surface area (Å²) in [5.74, 6) is -2.15. The minimum absolute atomic E-state index is 0.0993. The van der Waals surface area contributed by atoms with E-state index in [4.69, 9.17) is 27.9 Å². The Labute approximate surface area is 116 Å². The van der Waals surface area contributed by atoms with Crippen LogP contribution in [0.25, 0.3) is 0 Å². The Bertz CT molecular complexity index is 530. The van der Waals surface area contributed by atoms with Crippen molar-refractivity contribution < 1.29 is 23.1 Å². The first-order valence-electron chi connectivity index (χ1n) is 5.14. The highest BCUT2D eigenvalue weighted by Crippen LogP contribution is 2.41. The summed E-state index contributed by atoms with van der Waals surface area (Å²) >= 11 is 11.2. The Morgan fingerprint density at radius 3 is 2.37 bits per heavy atom. The Kier molecular flexibility index (Phi) is 3.64. The predicted molar refractivity (Wildman–Crippen MR) is 64.3 cm³/mol. The van der Waals surface area contributed by atoms with Gasteiger partial charge in [0.1, 0.15) is 11.6 Å². The van der Waals surface area contributed by atoms with Crippen molar-refractivity contribution in [2.45, 2.75) is 16.9 Å². The molecule has 1 unspecified atom stereocenters. The third-order valence-electron chi connectivity index (χ3n) is 2.51. The van der Waals surface area contributed by atoms with Gasteiger partial charge in [-0.1, -0.05) is 23.2 Å². The number of rotatable bonds is 2. The molecule has 1 aromatic rings. The fourth-order valence-electron chi connectivity index (χ4n) is 1.50. The fourth-order valence-corrected chi connectivity index (χ4v) is 1.90. The van der Waals surface area contributed by atoms with Gasteiger partial charge in [-0.3, -0.25) is 10.1 Å². The second kappa shape index (κ2) is 4.94. The number of ketones is 1. The van der Waals surface area contributed by atoms with Crippen molar-refractivity contribution in [3.8, 4) is 0 Å². The molecule has 1 N–H and O–H groups in total. The Balaban J connectivity index is 1.97. The number of nitrogens with one attached hydrogen (secondary N) is 1. The van der Waals surface area contributed by atoms with E-state index in [1.54, 1.807) is 0 Å². The molecule has 0 aromatic heterocycles. The highest BCUT2D eigenvalue weighted by atomic mass is 35.5. The molecule has 0 heterocycles. The smallest absolute Gasteiger partial charge is 0.412 e. The number of hydrogen-bond acceptors (Lipinski definition) is 3. The van der Waals surface area contributed by atoms with Gasteiger partial charge in [0.25, 0.3) is 0 Å². The zero-order chi connectivity index (χ0) is 14.2. The molecule has 1 aromatic carbocycles. The van der Waals surface area contributed by atoms with Crippen LogP contribution >= 0.6 is 23.2 Å². The van der Waals surface area contributed by atoms with E-state index >= 15 is 0 Å². The van der Waals surface area contributed by atoms with E-state index in [0.29, 0.717) is 6.07 Å². The number of hydrogen-bond donors (Lipinski definition) is 1. The fraction of sp³-hybridized carbons (Fsp3) is 0.273. The molecule has 2 rings (SSSR count). The molecule has 1 aliphatic carbocycles. The second-order valence-corrected chi connectivity index (χ2v) is 5.31. The lowest BCUT2D eigenvalue weighted by molar-refractivity contribution is -0.131. The van der Waals surface area contributed by atoms with Crippen LogP contribution in [0.1, 0.15) is 6.42 Å². The maximum atomic E-state index is 12.9. The summed E-state index contributed by atoms with van der Waals surface area (Å²) in [6.07, 6.45) is -2.09. The summed E-state index contributed by atoms with van der Waals surface area (Å²) in [5.41, 5.74) is -0.122. The maximum absolute atomic E-state index is 12.9. The summed E-state index contributed by atoms with van der Waals surface area (Å²) in [6, 6.07) is 2.47. The summed E-state index contributed by atoms with van der Waals surface area (Å²) in [7, 11) is 0. The Hall–Kier alpha value is -1.40. The van der Waals surface area contributed by atoms with Crippen LogP contribution in [0.2, 0.25) is 0 Å². The maximum Gasteiger partial charge on any atom is 0.412 e. The number of anilines is 1. The van der Waals surface area contributed by atoms with Crippen molar-refractivity contribution in [2.75, 3.05) is 5.32 Å². The molecule has 4 nitrogen and oxygen atoms in total. The standard InChI is InChI=1S/C11H7Cl2F2NO3/c12-11(13)8(17)4-9(11)19-10(18)16-7-2-5(14)1-6(15)3-7/h1-3,9H,4H2,(H,16,18). The van der Waals surface area contributed by atoms with E-state index in [9.17, 15) is 18.4 Å². The van der Waals surface area contributed by atoms with Gasteiger partial charge in [0.2, 0.25) is 4.33 Å². The monoisotopic (exact) mass is 309 g/mol. The molecule has 1 aliphatic rings. The molecular weight excluding hydrogens is 303 g/mol. The van der Waals surface area contributed by atoms with Crippen molar-refractivity contribution in [1.29, 1.82) is 0 Å². The lowest BCUT2D eigenvalue weighted by Crippen LogP contribution is -2.54. The van der Waals surface area contributed by atoms with Gasteiger partial charge in [0.15, 0.2) is 11.9 Å². The zero-order valence-electron chi connectivity index (χ0n) is 9.25. The molecule has 1 saturated carbocycles. The average molecular weight is 310 g/mol. The zero-order valence-corrected chi connectivity index (χ0v) is 10.8. The van der Waals surface area contributed by atoms with Crippen LogP contribution in [0.3, 0.4) is 0 Å². The number of alkyl halides is 2. The SMILES string of the molecule is O=C(Nc1cc(F)cc(F)c1)OC1CC(=O)C1(Cl)Cl.